The molecule has 1 aromatic carbocycles. The third-order valence-corrected chi connectivity index (χ3v) is 5.39. The molecule has 0 aliphatic heterocycles. The quantitative estimate of drug-likeness (QED) is 0.425. The number of hydrogen-bond acceptors (Lipinski definition) is 5. The third kappa shape index (κ3) is 10.0. The molecule has 0 aliphatic carbocycles. The zero-order valence-corrected chi connectivity index (χ0v) is 19.6. The molecule has 0 radical (unpaired) electrons. The molecule has 2 atom stereocenters. The second-order valence-corrected chi connectivity index (χ2v) is 7.71. The Balaban J connectivity index is 2.64. The molecule has 31 heavy (non-hydrogen) atoms. The molecule has 0 heterocycles. The van der Waals surface area contributed by atoms with Gasteiger partial charge < -0.3 is 24.2 Å². The summed E-state index contributed by atoms with van der Waals surface area (Å²) in [5.41, 5.74) is 0.862. The minimum Gasteiger partial charge on any atom is -0.492 e. The number of carbonyl (C=O) groups is 2. The van der Waals surface area contributed by atoms with Crippen molar-refractivity contribution in [1.29, 1.82) is 0 Å². The predicted molar refractivity (Wildman–Crippen MR) is 121 cm³/mol. The predicted octanol–water partition coefficient (Wildman–Crippen LogP) is 4.77. The van der Waals surface area contributed by atoms with Crippen molar-refractivity contribution in [2.24, 2.45) is 5.92 Å². The molecule has 0 bridgehead atoms. The molecule has 1 rings (SSSR count). The summed E-state index contributed by atoms with van der Waals surface area (Å²) in [4.78, 5) is 25.5. The highest BCUT2D eigenvalue weighted by Crippen LogP contribution is 2.16. The number of amides is 1. The largest absolute Gasteiger partial charge is 0.492 e. The molecule has 0 fully saturated rings. The molecule has 1 N–H and O–H groups in total. The molecule has 1 aromatic rings. The summed E-state index contributed by atoms with van der Waals surface area (Å²) < 4.78 is 16.6. The fourth-order valence-electron chi connectivity index (χ4n) is 3.07. The Hall–Kier alpha value is -2.28. The number of aliphatic carboxylic acids is 1. The van der Waals surface area contributed by atoms with Crippen LogP contribution in [0, 0.1) is 5.92 Å². The van der Waals surface area contributed by atoms with Gasteiger partial charge in [0, 0.05) is 19.6 Å². The number of nitrogens with zero attached hydrogens (tertiary/aromatic N) is 1. The van der Waals surface area contributed by atoms with Crippen LogP contribution in [-0.4, -0.2) is 60.6 Å². The maximum atomic E-state index is 12.6. The van der Waals surface area contributed by atoms with Crippen LogP contribution in [0.4, 0.5) is 4.79 Å². The monoisotopic (exact) mass is 437 g/mol. The van der Waals surface area contributed by atoms with E-state index in [2.05, 4.69) is 13.8 Å². The minimum atomic E-state index is -0.969. The summed E-state index contributed by atoms with van der Waals surface area (Å²) in [5, 5.41) is 9.21. The average Bonchev–Trinajstić information content (AvgIpc) is 2.76. The molecule has 7 nitrogen and oxygen atoms in total. The van der Waals surface area contributed by atoms with Crippen molar-refractivity contribution in [1.82, 2.24) is 4.90 Å². The molecule has 1 amide bonds. The first kappa shape index (κ1) is 26.8. The van der Waals surface area contributed by atoms with E-state index in [4.69, 9.17) is 14.2 Å². The van der Waals surface area contributed by atoms with Gasteiger partial charge in [-0.2, -0.15) is 0 Å². The van der Waals surface area contributed by atoms with Crippen LogP contribution in [0.15, 0.2) is 24.3 Å². The van der Waals surface area contributed by atoms with Crippen LogP contribution in [-0.2, 0) is 20.7 Å². The summed E-state index contributed by atoms with van der Waals surface area (Å²) in [6.45, 7) is 11.7. The third-order valence-electron chi connectivity index (χ3n) is 5.39. The van der Waals surface area contributed by atoms with Gasteiger partial charge >= 0.3 is 12.1 Å². The van der Waals surface area contributed by atoms with E-state index in [9.17, 15) is 14.7 Å². The number of carboxylic acids is 1. The van der Waals surface area contributed by atoms with Crippen molar-refractivity contribution in [2.45, 2.75) is 72.5 Å². The average molecular weight is 438 g/mol. The van der Waals surface area contributed by atoms with Gasteiger partial charge in [0.1, 0.15) is 18.5 Å². The Labute approximate surface area is 186 Å². The highest BCUT2D eigenvalue weighted by Gasteiger charge is 2.21. The Morgan fingerprint density at radius 2 is 1.68 bits per heavy atom. The van der Waals surface area contributed by atoms with Gasteiger partial charge in [0.15, 0.2) is 6.10 Å². The van der Waals surface area contributed by atoms with E-state index in [-0.39, 0.29) is 12.2 Å². The summed E-state index contributed by atoms with van der Waals surface area (Å²) in [7, 11) is 0. The molecule has 2 unspecified atom stereocenters. The lowest BCUT2D eigenvalue weighted by Gasteiger charge is -2.27. The number of carboxylic acid groups (broad SMARTS) is 1. The van der Waals surface area contributed by atoms with Gasteiger partial charge in [-0.25, -0.2) is 9.59 Å². The molecule has 0 aliphatic rings. The summed E-state index contributed by atoms with van der Waals surface area (Å²) in [5.74, 6) is 0.130. The zero-order valence-electron chi connectivity index (χ0n) is 19.6. The molecule has 176 valence electrons. The van der Waals surface area contributed by atoms with Crippen molar-refractivity contribution in [3.05, 3.63) is 29.8 Å². The Morgan fingerprint density at radius 3 is 2.19 bits per heavy atom. The van der Waals surface area contributed by atoms with E-state index < -0.39 is 12.1 Å². The van der Waals surface area contributed by atoms with Gasteiger partial charge in [-0.15, -0.1) is 0 Å². The summed E-state index contributed by atoms with van der Waals surface area (Å²) in [6.07, 6.45) is 1.82. The first-order chi connectivity index (χ1) is 14.8. The number of carbonyl (C=O) groups excluding carboxylic acids is 1. The van der Waals surface area contributed by atoms with Gasteiger partial charge in [-0.1, -0.05) is 45.7 Å². The van der Waals surface area contributed by atoms with Crippen LogP contribution in [0.5, 0.6) is 5.75 Å². The van der Waals surface area contributed by atoms with Crippen LogP contribution < -0.4 is 4.74 Å². The Morgan fingerprint density at radius 1 is 1.03 bits per heavy atom. The SMILES string of the molecule is CCOC(Cc1ccc(OCCN(CC(CC)CC)C(=O)OC(C)CC)cc1)C(=O)O. The van der Waals surface area contributed by atoms with Crippen LogP contribution in [0.25, 0.3) is 0 Å². The highest BCUT2D eigenvalue weighted by molar-refractivity contribution is 5.72. The van der Waals surface area contributed by atoms with Gasteiger partial charge in [-0.05, 0) is 43.9 Å². The van der Waals surface area contributed by atoms with E-state index >= 15 is 0 Å². The van der Waals surface area contributed by atoms with E-state index in [0.29, 0.717) is 44.4 Å². The van der Waals surface area contributed by atoms with Crippen molar-refractivity contribution < 1.29 is 28.9 Å². The standard InChI is InChI=1S/C24H39NO6/c1-6-18(5)31-24(28)25(17-19(7-2)8-3)14-15-30-21-12-10-20(11-13-21)16-22(23(26)27)29-9-4/h10-13,18-19,22H,6-9,14-17H2,1-5H3,(H,26,27). The Bertz CT molecular complexity index is 644. The molecular formula is C24H39NO6. The zero-order chi connectivity index (χ0) is 23.2. The number of rotatable bonds is 15. The van der Waals surface area contributed by atoms with E-state index in [1.807, 2.05) is 38.1 Å². The summed E-state index contributed by atoms with van der Waals surface area (Å²) >= 11 is 0. The van der Waals surface area contributed by atoms with Gasteiger partial charge in [-0.3, -0.25) is 0 Å². The van der Waals surface area contributed by atoms with Gasteiger partial charge in [0.25, 0.3) is 0 Å². The second-order valence-electron chi connectivity index (χ2n) is 7.71. The smallest absolute Gasteiger partial charge is 0.410 e. The van der Waals surface area contributed by atoms with Gasteiger partial charge in [0.05, 0.1) is 6.54 Å². The fraction of sp³-hybridized carbons (Fsp3) is 0.667. The number of hydrogen-bond donors (Lipinski definition) is 1. The molecule has 0 saturated heterocycles. The molecule has 0 saturated carbocycles. The lowest BCUT2D eigenvalue weighted by molar-refractivity contribution is -0.149. The lowest BCUT2D eigenvalue weighted by Crippen LogP contribution is -2.39. The highest BCUT2D eigenvalue weighted by atomic mass is 16.6. The normalized spacial score (nSPS) is 13.0. The second kappa shape index (κ2) is 14.7. The topological polar surface area (TPSA) is 85.3 Å². The maximum Gasteiger partial charge on any atom is 0.410 e. The molecule has 0 aromatic heterocycles. The fourth-order valence-corrected chi connectivity index (χ4v) is 3.07. The number of benzene rings is 1. The van der Waals surface area contributed by atoms with Crippen molar-refractivity contribution in [2.75, 3.05) is 26.3 Å². The first-order valence-corrected chi connectivity index (χ1v) is 11.4. The van der Waals surface area contributed by atoms with Crippen LogP contribution in [0.3, 0.4) is 0 Å². The van der Waals surface area contributed by atoms with E-state index in [0.717, 1.165) is 24.8 Å². The van der Waals surface area contributed by atoms with Crippen molar-refractivity contribution in [3.63, 3.8) is 0 Å². The molecular weight excluding hydrogens is 398 g/mol. The van der Waals surface area contributed by atoms with E-state index in [1.54, 1.807) is 11.8 Å². The molecule has 0 spiro atoms. The van der Waals surface area contributed by atoms with Crippen LogP contribution in [0.2, 0.25) is 0 Å². The number of ether oxygens (including phenoxy) is 3. The summed E-state index contributed by atoms with van der Waals surface area (Å²) in [6, 6.07) is 7.29. The minimum absolute atomic E-state index is 0.114. The first-order valence-electron chi connectivity index (χ1n) is 11.4. The van der Waals surface area contributed by atoms with E-state index in [1.165, 1.54) is 0 Å². The lowest BCUT2D eigenvalue weighted by atomic mass is 10.0. The van der Waals surface area contributed by atoms with Crippen LogP contribution >= 0.6 is 0 Å². The Kier molecular flexibility index (Phi) is 12.7. The maximum absolute atomic E-state index is 12.6. The van der Waals surface area contributed by atoms with Gasteiger partial charge in [0.2, 0.25) is 0 Å². The van der Waals surface area contributed by atoms with Crippen LogP contribution in [0.1, 0.15) is 59.4 Å². The van der Waals surface area contributed by atoms with Crippen molar-refractivity contribution >= 4 is 12.1 Å². The van der Waals surface area contributed by atoms with Crippen molar-refractivity contribution in [3.8, 4) is 5.75 Å². The molecule has 7 heteroatoms.